The van der Waals surface area contributed by atoms with Gasteiger partial charge < -0.3 is 14.8 Å². The molecule has 0 atom stereocenters. The number of fused-ring (bicyclic) bond motifs is 2. The first-order chi connectivity index (χ1) is 14.6. The first kappa shape index (κ1) is 19.2. The molecule has 1 aliphatic heterocycles. The van der Waals surface area contributed by atoms with Gasteiger partial charge in [0.25, 0.3) is 5.91 Å². The van der Waals surface area contributed by atoms with E-state index in [-0.39, 0.29) is 5.91 Å². The predicted octanol–water partition coefficient (Wildman–Crippen LogP) is 6.29. The van der Waals surface area contributed by atoms with Crippen LogP contribution in [0.2, 0.25) is 10.0 Å². The molecular formula is C22H14Cl2N2O3S. The molecule has 4 aromatic rings. The van der Waals surface area contributed by atoms with Gasteiger partial charge in [0, 0.05) is 16.1 Å². The Labute approximate surface area is 186 Å². The normalized spacial score (nSPS) is 12.7. The van der Waals surface area contributed by atoms with Crippen LogP contribution >= 0.6 is 34.5 Å². The van der Waals surface area contributed by atoms with Gasteiger partial charge in [0.1, 0.15) is 18.2 Å². The summed E-state index contributed by atoms with van der Waals surface area (Å²) in [5.74, 6) is 0.846. The lowest BCUT2D eigenvalue weighted by Crippen LogP contribution is -2.17. The number of aromatic nitrogens is 1. The minimum atomic E-state index is -0.321. The van der Waals surface area contributed by atoms with Gasteiger partial charge in [-0.05, 0) is 42.5 Å². The van der Waals surface area contributed by atoms with Crippen molar-refractivity contribution in [2.75, 3.05) is 18.5 Å². The number of halogens is 2. The van der Waals surface area contributed by atoms with E-state index in [9.17, 15) is 4.79 Å². The summed E-state index contributed by atoms with van der Waals surface area (Å²) in [6.45, 7) is 0.938. The summed E-state index contributed by atoms with van der Waals surface area (Å²) in [5.41, 5.74) is 2.43. The number of amides is 1. The van der Waals surface area contributed by atoms with Crippen molar-refractivity contribution in [1.82, 2.24) is 4.98 Å². The van der Waals surface area contributed by atoms with Crippen LogP contribution in [-0.2, 0) is 0 Å². The van der Waals surface area contributed by atoms with Crippen molar-refractivity contribution in [1.29, 1.82) is 0 Å². The quantitative estimate of drug-likeness (QED) is 0.393. The van der Waals surface area contributed by atoms with Crippen LogP contribution in [0.15, 0.2) is 54.6 Å². The average molecular weight is 457 g/mol. The van der Waals surface area contributed by atoms with E-state index in [2.05, 4.69) is 10.3 Å². The van der Waals surface area contributed by atoms with Gasteiger partial charge in [0.15, 0.2) is 11.5 Å². The van der Waals surface area contributed by atoms with Gasteiger partial charge in [-0.25, -0.2) is 4.98 Å². The first-order valence-electron chi connectivity index (χ1n) is 9.14. The fraction of sp³-hybridized carbons (Fsp3) is 0.0909. The van der Waals surface area contributed by atoms with Crippen LogP contribution in [-0.4, -0.2) is 24.1 Å². The van der Waals surface area contributed by atoms with Crippen molar-refractivity contribution in [2.24, 2.45) is 0 Å². The zero-order chi connectivity index (χ0) is 20.7. The van der Waals surface area contributed by atoms with Gasteiger partial charge in [-0.3, -0.25) is 4.79 Å². The van der Waals surface area contributed by atoms with Gasteiger partial charge in [0.2, 0.25) is 0 Å². The summed E-state index contributed by atoms with van der Waals surface area (Å²) >= 11 is 14.2. The Hall–Kier alpha value is -2.80. The van der Waals surface area contributed by atoms with Crippen LogP contribution in [0.1, 0.15) is 10.4 Å². The van der Waals surface area contributed by atoms with E-state index in [1.54, 1.807) is 30.3 Å². The molecule has 0 unspecified atom stereocenters. The molecule has 0 saturated carbocycles. The number of hydrogen-bond acceptors (Lipinski definition) is 5. The fourth-order valence-electron chi connectivity index (χ4n) is 3.23. The maximum atomic E-state index is 13.0. The minimum Gasteiger partial charge on any atom is -0.486 e. The number of carbonyl (C=O) groups is 1. The molecule has 1 N–H and O–H groups in total. The number of nitrogens with zero attached hydrogens (tertiary/aromatic N) is 1. The molecule has 0 bridgehead atoms. The molecule has 0 radical (unpaired) electrons. The maximum absolute atomic E-state index is 13.0. The molecule has 0 spiro atoms. The Morgan fingerprint density at radius 2 is 1.80 bits per heavy atom. The van der Waals surface area contributed by atoms with Crippen molar-refractivity contribution < 1.29 is 14.3 Å². The summed E-state index contributed by atoms with van der Waals surface area (Å²) < 4.78 is 12.1. The number of nitrogens with one attached hydrogen (secondary N) is 1. The summed E-state index contributed by atoms with van der Waals surface area (Å²) in [6, 6.07) is 16.2. The van der Waals surface area contributed by atoms with Gasteiger partial charge >= 0.3 is 0 Å². The van der Waals surface area contributed by atoms with Gasteiger partial charge in [-0.15, -0.1) is 11.3 Å². The zero-order valence-corrected chi connectivity index (χ0v) is 17.8. The lowest BCUT2D eigenvalue weighted by molar-refractivity contribution is 0.102. The summed E-state index contributed by atoms with van der Waals surface area (Å²) in [5, 5.41) is 4.43. The topological polar surface area (TPSA) is 60.5 Å². The van der Waals surface area contributed by atoms with Crippen molar-refractivity contribution in [3.8, 4) is 22.1 Å². The van der Waals surface area contributed by atoms with Crippen molar-refractivity contribution in [3.63, 3.8) is 0 Å². The van der Waals surface area contributed by atoms with E-state index in [0.29, 0.717) is 51.6 Å². The van der Waals surface area contributed by atoms with E-state index in [1.807, 2.05) is 24.3 Å². The molecule has 1 amide bonds. The third-order valence-electron chi connectivity index (χ3n) is 4.62. The molecule has 2 heterocycles. The lowest BCUT2D eigenvalue weighted by Gasteiger charge is -2.19. The van der Waals surface area contributed by atoms with E-state index in [0.717, 1.165) is 15.2 Å². The third-order valence-corrected chi connectivity index (χ3v) is 6.21. The number of ether oxygens (including phenoxy) is 2. The molecule has 0 fully saturated rings. The van der Waals surface area contributed by atoms with Crippen LogP contribution in [0.5, 0.6) is 11.5 Å². The number of para-hydroxylation sites is 1. The molecule has 8 heteroatoms. The predicted molar refractivity (Wildman–Crippen MR) is 120 cm³/mol. The SMILES string of the molecule is O=C(Nc1c(Cl)cc(Cl)cc1-c1nc2ccccc2s1)c1ccc2c(c1)OCCO2. The van der Waals surface area contributed by atoms with E-state index >= 15 is 0 Å². The van der Waals surface area contributed by atoms with Crippen LogP contribution in [0.4, 0.5) is 5.69 Å². The van der Waals surface area contributed by atoms with Crippen LogP contribution in [0.3, 0.4) is 0 Å². The van der Waals surface area contributed by atoms with E-state index in [4.69, 9.17) is 32.7 Å². The molecule has 1 aromatic heterocycles. The summed E-state index contributed by atoms with van der Waals surface area (Å²) in [7, 11) is 0. The number of benzene rings is 3. The smallest absolute Gasteiger partial charge is 0.255 e. The van der Waals surface area contributed by atoms with Crippen molar-refractivity contribution >= 4 is 56.3 Å². The van der Waals surface area contributed by atoms with Crippen molar-refractivity contribution in [3.05, 3.63) is 70.2 Å². The Kier molecular flexibility index (Phi) is 4.98. The second-order valence-electron chi connectivity index (χ2n) is 6.61. The molecular weight excluding hydrogens is 443 g/mol. The summed E-state index contributed by atoms with van der Waals surface area (Å²) in [4.78, 5) is 17.7. The molecule has 5 rings (SSSR count). The van der Waals surface area contributed by atoms with E-state index < -0.39 is 0 Å². The number of anilines is 1. The molecule has 30 heavy (non-hydrogen) atoms. The number of carbonyl (C=O) groups excluding carboxylic acids is 1. The average Bonchev–Trinajstić information content (AvgIpc) is 3.19. The van der Waals surface area contributed by atoms with Crippen LogP contribution < -0.4 is 14.8 Å². The highest BCUT2D eigenvalue weighted by atomic mass is 35.5. The third kappa shape index (κ3) is 3.58. The lowest BCUT2D eigenvalue weighted by atomic mass is 10.1. The minimum absolute atomic E-state index is 0.321. The van der Waals surface area contributed by atoms with Crippen molar-refractivity contribution in [2.45, 2.75) is 0 Å². The van der Waals surface area contributed by atoms with Crippen LogP contribution in [0.25, 0.3) is 20.8 Å². The summed E-state index contributed by atoms with van der Waals surface area (Å²) in [6.07, 6.45) is 0. The molecule has 0 saturated heterocycles. The molecule has 1 aliphatic rings. The molecule has 5 nitrogen and oxygen atoms in total. The first-order valence-corrected chi connectivity index (χ1v) is 10.7. The Balaban J connectivity index is 1.53. The maximum Gasteiger partial charge on any atom is 0.255 e. The second kappa shape index (κ2) is 7.80. The number of rotatable bonds is 3. The fourth-order valence-corrected chi connectivity index (χ4v) is 4.76. The van der Waals surface area contributed by atoms with Gasteiger partial charge in [0.05, 0.1) is 20.9 Å². The second-order valence-corrected chi connectivity index (χ2v) is 8.48. The van der Waals surface area contributed by atoms with Crippen LogP contribution in [0, 0.1) is 0 Å². The molecule has 3 aromatic carbocycles. The Morgan fingerprint density at radius 3 is 2.63 bits per heavy atom. The highest BCUT2D eigenvalue weighted by Crippen LogP contribution is 2.40. The Bertz CT molecular complexity index is 1260. The molecule has 150 valence electrons. The number of hydrogen-bond donors (Lipinski definition) is 1. The molecule has 0 aliphatic carbocycles. The van der Waals surface area contributed by atoms with Gasteiger partial charge in [-0.2, -0.15) is 0 Å². The number of thiazole rings is 1. The Morgan fingerprint density at radius 1 is 1.00 bits per heavy atom. The van der Waals surface area contributed by atoms with E-state index in [1.165, 1.54) is 11.3 Å². The standard InChI is InChI=1S/C22H14Cl2N2O3S/c23-13-10-14(22-25-16-3-1-2-4-19(16)30-22)20(15(24)11-13)26-21(27)12-5-6-17-18(9-12)29-8-7-28-17/h1-6,9-11H,7-8H2,(H,26,27). The highest BCUT2D eigenvalue weighted by Gasteiger charge is 2.20. The van der Waals surface area contributed by atoms with Gasteiger partial charge in [-0.1, -0.05) is 35.3 Å². The monoisotopic (exact) mass is 456 g/mol. The largest absolute Gasteiger partial charge is 0.486 e. The highest BCUT2D eigenvalue weighted by molar-refractivity contribution is 7.21. The zero-order valence-electron chi connectivity index (χ0n) is 15.4.